The molecule has 0 spiro atoms. The molecule has 2 aromatic rings. The molecule has 0 aliphatic heterocycles. The van der Waals surface area contributed by atoms with Crippen molar-refractivity contribution in [3.63, 3.8) is 0 Å². The highest BCUT2D eigenvalue weighted by Crippen LogP contribution is 2.28. The average molecular weight is 287 g/mol. The molecule has 2 atom stereocenters. The van der Waals surface area contributed by atoms with E-state index in [1.165, 1.54) is 30.4 Å². The third-order valence-corrected chi connectivity index (χ3v) is 5.17. The summed E-state index contributed by atoms with van der Waals surface area (Å²) in [6.07, 6.45) is 8.09. The number of nitrogens with zero attached hydrogens (tertiary/aromatic N) is 1. The van der Waals surface area contributed by atoms with Gasteiger partial charge >= 0.3 is 0 Å². The van der Waals surface area contributed by atoms with E-state index in [0.29, 0.717) is 6.04 Å². The Bertz CT molecular complexity index is 538. The lowest BCUT2D eigenvalue weighted by Crippen LogP contribution is -2.26. The van der Waals surface area contributed by atoms with Crippen LogP contribution in [0.5, 0.6) is 0 Å². The summed E-state index contributed by atoms with van der Waals surface area (Å²) in [5.41, 5.74) is 3.59. The van der Waals surface area contributed by atoms with Crippen molar-refractivity contribution in [1.29, 1.82) is 0 Å². The fourth-order valence-corrected chi connectivity index (χ4v) is 3.69. The Balaban J connectivity index is 1.63. The zero-order chi connectivity index (χ0) is 13.8. The highest BCUT2D eigenvalue weighted by Gasteiger charge is 2.23. The Morgan fingerprint density at radius 1 is 1.30 bits per heavy atom. The van der Waals surface area contributed by atoms with Gasteiger partial charge in [0.1, 0.15) is 0 Å². The maximum atomic E-state index is 4.21. The van der Waals surface area contributed by atoms with E-state index in [0.717, 1.165) is 17.5 Å². The number of hydrogen-bond donors (Lipinski definition) is 2. The van der Waals surface area contributed by atoms with Crippen LogP contribution < -0.4 is 5.32 Å². The normalized spacial score (nSPS) is 22.2. The third-order valence-electron chi connectivity index (χ3n) is 4.08. The molecule has 0 radical (unpaired) electrons. The van der Waals surface area contributed by atoms with Crippen molar-refractivity contribution in [2.24, 2.45) is 0 Å². The van der Waals surface area contributed by atoms with E-state index >= 15 is 0 Å². The molecule has 1 aliphatic carbocycles. The van der Waals surface area contributed by atoms with Gasteiger partial charge in [-0.05, 0) is 31.1 Å². The van der Waals surface area contributed by atoms with Crippen molar-refractivity contribution in [2.45, 2.75) is 37.1 Å². The van der Waals surface area contributed by atoms with Gasteiger partial charge < -0.3 is 5.32 Å². The van der Waals surface area contributed by atoms with Gasteiger partial charge in [0.05, 0.1) is 11.9 Å². The Kier molecular flexibility index (Phi) is 4.43. The van der Waals surface area contributed by atoms with Crippen LogP contribution in [0.15, 0.2) is 36.5 Å². The molecule has 2 N–H and O–H groups in total. The molecule has 4 heteroatoms. The van der Waals surface area contributed by atoms with E-state index in [1.807, 2.05) is 24.0 Å². The van der Waals surface area contributed by atoms with Crippen molar-refractivity contribution >= 4 is 11.8 Å². The van der Waals surface area contributed by atoms with Crippen LogP contribution in [0, 0.1) is 0 Å². The molecule has 0 saturated heterocycles. The van der Waals surface area contributed by atoms with Crippen LogP contribution in [0.2, 0.25) is 0 Å². The Labute approximate surface area is 124 Å². The minimum Gasteiger partial charge on any atom is -0.310 e. The van der Waals surface area contributed by atoms with Crippen LogP contribution in [0.4, 0.5) is 0 Å². The minimum atomic E-state index is 0.658. The first-order valence-electron chi connectivity index (χ1n) is 7.20. The Hall–Kier alpha value is -1.26. The van der Waals surface area contributed by atoms with Crippen LogP contribution in [0.1, 0.15) is 24.8 Å². The maximum absolute atomic E-state index is 4.21. The molecule has 20 heavy (non-hydrogen) atoms. The highest BCUT2D eigenvalue weighted by atomic mass is 32.2. The zero-order valence-electron chi connectivity index (χ0n) is 11.8. The first-order chi connectivity index (χ1) is 9.86. The zero-order valence-corrected chi connectivity index (χ0v) is 12.6. The molecule has 106 valence electrons. The lowest BCUT2D eigenvalue weighted by Gasteiger charge is -2.12. The second kappa shape index (κ2) is 6.46. The van der Waals surface area contributed by atoms with Gasteiger partial charge in [0.25, 0.3) is 0 Å². The van der Waals surface area contributed by atoms with E-state index in [9.17, 15) is 0 Å². The summed E-state index contributed by atoms with van der Waals surface area (Å²) >= 11 is 2.00. The molecule has 0 bridgehead atoms. The van der Waals surface area contributed by atoms with Crippen molar-refractivity contribution in [2.75, 3.05) is 6.26 Å². The van der Waals surface area contributed by atoms with Crippen LogP contribution >= 0.6 is 11.8 Å². The summed E-state index contributed by atoms with van der Waals surface area (Å²) in [7, 11) is 0. The number of benzene rings is 1. The summed E-state index contributed by atoms with van der Waals surface area (Å²) in [4.78, 5) is 0. The summed E-state index contributed by atoms with van der Waals surface area (Å²) in [6, 6.07) is 11.1. The van der Waals surface area contributed by atoms with E-state index in [-0.39, 0.29) is 0 Å². The first kappa shape index (κ1) is 13.7. The number of rotatable bonds is 5. The minimum absolute atomic E-state index is 0.658. The largest absolute Gasteiger partial charge is 0.310 e. The summed E-state index contributed by atoms with van der Waals surface area (Å²) in [5, 5.41) is 11.9. The van der Waals surface area contributed by atoms with Gasteiger partial charge in [-0.2, -0.15) is 16.9 Å². The number of aromatic nitrogens is 2. The van der Waals surface area contributed by atoms with E-state index in [4.69, 9.17) is 0 Å². The van der Waals surface area contributed by atoms with Gasteiger partial charge in [-0.1, -0.05) is 30.3 Å². The smallest absolute Gasteiger partial charge is 0.0695 e. The Morgan fingerprint density at radius 2 is 2.15 bits per heavy atom. The number of thioether (sulfide) groups is 1. The van der Waals surface area contributed by atoms with Gasteiger partial charge in [-0.3, -0.25) is 5.10 Å². The molecule has 1 aromatic carbocycles. The van der Waals surface area contributed by atoms with E-state index < -0.39 is 0 Å². The fraction of sp³-hybridized carbons (Fsp3) is 0.438. The molecule has 3 nitrogen and oxygen atoms in total. The molecule has 1 fully saturated rings. The molecule has 1 aromatic heterocycles. The predicted molar refractivity (Wildman–Crippen MR) is 85.8 cm³/mol. The summed E-state index contributed by atoms with van der Waals surface area (Å²) < 4.78 is 0. The van der Waals surface area contributed by atoms with Gasteiger partial charge in [-0.25, -0.2) is 0 Å². The molecule has 0 amide bonds. The number of aromatic amines is 1. The maximum Gasteiger partial charge on any atom is 0.0695 e. The number of hydrogen-bond acceptors (Lipinski definition) is 3. The SMILES string of the molecule is CSC1CCC(NCc2cn[nH]c2-c2ccccc2)C1. The van der Waals surface area contributed by atoms with Crippen molar-refractivity contribution in [1.82, 2.24) is 15.5 Å². The third kappa shape index (κ3) is 3.07. The van der Waals surface area contributed by atoms with Gasteiger partial charge in [0, 0.05) is 23.4 Å². The number of nitrogens with one attached hydrogen (secondary N) is 2. The monoisotopic (exact) mass is 287 g/mol. The van der Waals surface area contributed by atoms with Crippen LogP contribution in [0.3, 0.4) is 0 Å². The fourth-order valence-electron chi connectivity index (χ4n) is 2.89. The predicted octanol–water partition coefficient (Wildman–Crippen LogP) is 3.45. The van der Waals surface area contributed by atoms with Crippen LogP contribution in [-0.4, -0.2) is 27.7 Å². The van der Waals surface area contributed by atoms with Crippen molar-refractivity contribution < 1.29 is 0 Å². The van der Waals surface area contributed by atoms with Gasteiger partial charge in [0.2, 0.25) is 0 Å². The Morgan fingerprint density at radius 3 is 2.90 bits per heavy atom. The van der Waals surface area contributed by atoms with Crippen molar-refractivity contribution in [3.8, 4) is 11.3 Å². The molecule has 3 rings (SSSR count). The topological polar surface area (TPSA) is 40.7 Å². The first-order valence-corrected chi connectivity index (χ1v) is 8.49. The number of H-pyrrole nitrogens is 1. The molecule has 1 aliphatic rings. The average Bonchev–Trinajstić information content (AvgIpc) is 3.15. The molecule has 1 heterocycles. The van der Waals surface area contributed by atoms with Gasteiger partial charge in [-0.15, -0.1) is 0 Å². The lowest BCUT2D eigenvalue weighted by atomic mass is 10.1. The van der Waals surface area contributed by atoms with E-state index in [1.54, 1.807) is 0 Å². The van der Waals surface area contributed by atoms with Crippen molar-refractivity contribution in [3.05, 3.63) is 42.1 Å². The summed E-state index contributed by atoms with van der Waals surface area (Å²) in [5.74, 6) is 0. The molecular weight excluding hydrogens is 266 g/mol. The highest BCUT2D eigenvalue weighted by molar-refractivity contribution is 7.99. The van der Waals surface area contributed by atoms with E-state index in [2.05, 4.69) is 46.0 Å². The van der Waals surface area contributed by atoms with Crippen LogP contribution in [0.25, 0.3) is 11.3 Å². The van der Waals surface area contributed by atoms with Crippen LogP contribution in [-0.2, 0) is 6.54 Å². The standard InChI is InChI=1S/C16H21N3S/c1-20-15-8-7-14(9-15)17-10-13-11-18-19-16(13)12-5-3-2-4-6-12/h2-6,11,14-15,17H,7-10H2,1H3,(H,18,19). The molecular formula is C16H21N3S. The lowest BCUT2D eigenvalue weighted by molar-refractivity contribution is 0.525. The molecule has 1 saturated carbocycles. The van der Waals surface area contributed by atoms with Gasteiger partial charge in [0.15, 0.2) is 0 Å². The quantitative estimate of drug-likeness (QED) is 0.885. The summed E-state index contributed by atoms with van der Waals surface area (Å²) in [6.45, 7) is 0.895. The second-order valence-electron chi connectivity index (χ2n) is 5.38. The second-order valence-corrected chi connectivity index (χ2v) is 6.52. The molecule has 2 unspecified atom stereocenters.